The molecule has 0 aromatic rings. The monoisotopic (exact) mass is 312 g/mol. The Labute approximate surface area is 141 Å². The van der Waals surface area contributed by atoms with Crippen LogP contribution in [0, 0.1) is 11.8 Å². The molecule has 0 rings (SSSR count). The highest BCUT2D eigenvalue weighted by molar-refractivity contribution is 5.03. The van der Waals surface area contributed by atoms with Crippen LogP contribution in [0.4, 0.5) is 0 Å². The van der Waals surface area contributed by atoms with E-state index in [0.29, 0.717) is 17.9 Å². The van der Waals surface area contributed by atoms with Crippen LogP contribution in [0.3, 0.4) is 0 Å². The smallest absolute Gasteiger partial charge is 0.0381 e. The molecule has 0 heterocycles. The van der Waals surface area contributed by atoms with Gasteiger partial charge in [-0.3, -0.25) is 0 Å². The SMILES string of the molecule is CCCCCCCCC(NCC)C(NCC)(C(C)C)C(C)C. The summed E-state index contributed by atoms with van der Waals surface area (Å²) in [5, 5.41) is 7.69. The van der Waals surface area contributed by atoms with Gasteiger partial charge in [-0.1, -0.05) is 87.0 Å². The van der Waals surface area contributed by atoms with Crippen LogP contribution in [0.1, 0.15) is 93.4 Å². The summed E-state index contributed by atoms with van der Waals surface area (Å²) in [4.78, 5) is 0. The van der Waals surface area contributed by atoms with Crippen molar-refractivity contribution in [2.75, 3.05) is 13.1 Å². The van der Waals surface area contributed by atoms with Crippen LogP contribution in [-0.2, 0) is 0 Å². The Morgan fingerprint density at radius 1 is 0.727 bits per heavy atom. The maximum absolute atomic E-state index is 3.88. The minimum Gasteiger partial charge on any atom is -0.312 e. The standard InChI is InChI=1S/C20H44N2/c1-8-11-12-13-14-15-16-19(21-9-2)20(17(4)5,18(6)7)22-10-3/h17-19,21-22H,8-16H2,1-7H3. The van der Waals surface area contributed by atoms with Gasteiger partial charge in [-0.15, -0.1) is 0 Å². The number of hydrogen-bond donors (Lipinski definition) is 2. The second-order valence-electron chi connectivity index (χ2n) is 7.44. The summed E-state index contributed by atoms with van der Waals surface area (Å²) >= 11 is 0. The predicted octanol–water partition coefficient (Wildman–Crippen LogP) is 5.38. The number of hydrogen-bond acceptors (Lipinski definition) is 2. The third-order valence-electron chi connectivity index (χ3n) is 5.27. The Bertz CT molecular complexity index is 240. The van der Waals surface area contributed by atoms with Gasteiger partial charge in [0, 0.05) is 11.6 Å². The summed E-state index contributed by atoms with van der Waals surface area (Å²) in [6.45, 7) is 18.4. The van der Waals surface area contributed by atoms with Crippen molar-refractivity contribution in [1.29, 1.82) is 0 Å². The lowest BCUT2D eigenvalue weighted by Gasteiger charge is -2.49. The van der Waals surface area contributed by atoms with E-state index in [4.69, 9.17) is 0 Å². The molecule has 0 fully saturated rings. The minimum atomic E-state index is 0.203. The molecule has 0 aliphatic carbocycles. The molecule has 2 nitrogen and oxygen atoms in total. The molecule has 2 heteroatoms. The van der Waals surface area contributed by atoms with Crippen molar-refractivity contribution >= 4 is 0 Å². The third-order valence-corrected chi connectivity index (χ3v) is 5.27. The van der Waals surface area contributed by atoms with Gasteiger partial charge in [-0.25, -0.2) is 0 Å². The van der Waals surface area contributed by atoms with Crippen LogP contribution in [0.2, 0.25) is 0 Å². The molecule has 0 saturated heterocycles. The molecule has 0 aliphatic heterocycles. The van der Waals surface area contributed by atoms with Crippen molar-refractivity contribution in [3.05, 3.63) is 0 Å². The van der Waals surface area contributed by atoms with Crippen molar-refractivity contribution in [2.24, 2.45) is 11.8 Å². The van der Waals surface area contributed by atoms with E-state index in [1.807, 2.05) is 0 Å². The van der Waals surface area contributed by atoms with Gasteiger partial charge in [0.15, 0.2) is 0 Å². The zero-order valence-electron chi connectivity index (χ0n) is 16.6. The van der Waals surface area contributed by atoms with Crippen molar-refractivity contribution in [3.8, 4) is 0 Å². The Hall–Kier alpha value is -0.0800. The largest absolute Gasteiger partial charge is 0.312 e. The zero-order valence-corrected chi connectivity index (χ0v) is 16.6. The number of likely N-dealkylation sites (N-methyl/N-ethyl adjacent to an activating group) is 2. The number of rotatable bonds is 14. The van der Waals surface area contributed by atoms with Gasteiger partial charge in [0.25, 0.3) is 0 Å². The topological polar surface area (TPSA) is 24.1 Å². The Morgan fingerprint density at radius 2 is 1.27 bits per heavy atom. The Balaban J connectivity index is 4.75. The second kappa shape index (κ2) is 12.4. The fourth-order valence-electron chi connectivity index (χ4n) is 4.19. The molecule has 0 aliphatic rings. The highest BCUT2D eigenvalue weighted by atomic mass is 15.1. The number of nitrogens with one attached hydrogen (secondary N) is 2. The van der Waals surface area contributed by atoms with E-state index in [1.54, 1.807) is 0 Å². The van der Waals surface area contributed by atoms with E-state index in [1.165, 1.54) is 44.9 Å². The maximum Gasteiger partial charge on any atom is 0.0381 e. The van der Waals surface area contributed by atoms with Crippen LogP contribution >= 0.6 is 0 Å². The fourth-order valence-corrected chi connectivity index (χ4v) is 4.19. The van der Waals surface area contributed by atoms with E-state index in [0.717, 1.165) is 13.1 Å². The minimum absolute atomic E-state index is 0.203. The van der Waals surface area contributed by atoms with E-state index in [9.17, 15) is 0 Å². The average Bonchev–Trinajstić information content (AvgIpc) is 2.46. The van der Waals surface area contributed by atoms with Gasteiger partial charge in [0.05, 0.1) is 0 Å². The lowest BCUT2D eigenvalue weighted by atomic mass is 9.70. The highest BCUT2D eigenvalue weighted by Gasteiger charge is 2.42. The third kappa shape index (κ3) is 6.58. The summed E-state index contributed by atoms with van der Waals surface area (Å²) in [5.74, 6) is 1.27. The zero-order chi connectivity index (χ0) is 17.0. The van der Waals surface area contributed by atoms with E-state index in [-0.39, 0.29) is 5.54 Å². The lowest BCUT2D eigenvalue weighted by molar-refractivity contribution is 0.104. The molecule has 0 bridgehead atoms. The second-order valence-corrected chi connectivity index (χ2v) is 7.44. The van der Waals surface area contributed by atoms with E-state index in [2.05, 4.69) is 59.1 Å². The van der Waals surface area contributed by atoms with Gasteiger partial charge in [0.1, 0.15) is 0 Å². The van der Waals surface area contributed by atoms with E-state index < -0.39 is 0 Å². The molecule has 1 atom stereocenters. The Kier molecular flexibility index (Phi) is 12.3. The number of unbranched alkanes of at least 4 members (excludes halogenated alkanes) is 5. The van der Waals surface area contributed by atoms with Crippen LogP contribution in [0.25, 0.3) is 0 Å². The molecule has 0 spiro atoms. The van der Waals surface area contributed by atoms with Gasteiger partial charge < -0.3 is 10.6 Å². The van der Waals surface area contributed by atoms with Crippen molar-refractivity contribution in [2.45, 2.75) is 105 Å². The first kappa shape index (κ1) is 21.9. The van der Waals surface area contributed by atoms with Crippen molar-refractivity contribution < 1.29 is 0 Å². The van der Waals surface area contributed by atoms with Crippen molar-refractivity contribution in [1.82, 2.24) is 10.6 Å². The normalized spacial score (nSPS) is 14.0. The summed E-state index contributed by atoms with van der Waals surface area (Å²) in [6, 6.07) is 0.573. The molecule has 134 valence electrons. The van der Waals surface area contributed by atoms with Crippen LogP contribution < -0.4 is 10.6 Å². The van der Waals surface area contributed by atoms with Crippen LogP contribution in [-0.4, -0.2) is 24.7 Å². The first-order valence-corrected chi connectivity index (χ1v) is 9.95. The first-order valence-electron chi connectivity index (χ1n) is 9.95. The highest BCUT2D eigenvalue weighted by Crippen LogP contribution is 2.32. The maximum atomic E-state index is 3.88. The molecule has 0 aromatic carbocycles. The van der Waals surface area contributed by atoms with Crippen LogP contribution in [0.5, 0.6) is 0 Å². The molecule has 22 heavy (non-hydrogen) atoms. The first-order chi connectivity index (χ1) is 10.5. The lowest BCUT2D eigenvalue weighted by Crippen LogP contribution is -2.65. The molecular weight excluding hydrogens is 268 g/mol. The van der Waals surface area contributed by atoms with Crippen molar-refractivity contribution in [3.63, 3.8) is 0 Å². The molecule has 0 radical (unpaired) electrons. The summed E-state index contributed by atoms with van der Waals surface area (Å²) in [6.07, 6.45) is 9.59. The van der Waals surface area contributed by atoms with E-state index >= 15 is 0 Å². The molecule has 1 unspecified atom stereocenters. The van der Waals surface area contributed by atoms with Gasteiger partial charge in [-0.2, -0.15) is 0 Å². The fraction of sp³-hybridized carbons (Fsp3) is 1.00. The molecule has 0 aromatic heterocycles. The summed E-state index contributed by atoms with van der Waals surface area (Å²) in [7, 11) is 0. The quantitative estimate of drug-likeness (QED) is 0.421. The molecule has 2 N–H and O–H groups in total. The van der Waals surface area contributed by atoms with Gasteiger partial charge >= 0.3 is 0 Å². The summed E-state index contributed by atoms with van der Waals surface area (Å²) < 4.78 is 0. The average molecular weight is 313 g/mol. The predicted molar refractivity (Wildman–Crippen MR) is 102 cm³/mol. The molecule has 0 saturated carbocycles. The Morgan fingerprint density at radius 3 is 1.73 bits per heavy atom. The van der Waals surface area contributed by atoms with Crippen LogP contribution in [0.15, 0.2) is 0 Å². The molecular formula is C20H44N2. The molecule has 0 amide bonds. The van der Waals surface area contributed by atoms with Gasteiger partial charge in [-0.05, 0) is 31.3 Å². The van der Waals surface area contributed by atoms with Gasteiger partial charge in [0.2, 0.25) is 0 Å². The summed E-state index contributed by atoms with van der Waals surface area (Å²) in [5.41, 5.74) is 0.203.